The third-order valence-electron chi connectivity index (χ3n) is 3.05. The van der Waals surface area contributed by atoms with E-state index in [-0.39, 0.29) is 0 Å². The molecule has 3 N–H and O–H groups in total. The van der Waals surface area contributed by atoms with Crippen molar-refractivity contribution in [2.24, 2.45) is 5.73 Å². The molecule has 0 aliphatic heterocycles. The summed E-state index contributed by atoms with van der Waals surface area (Å²) in [7, 11) is 0. The minimum atomic E-state index is 1.13. The van der Waals surface area contributed by atoms with Gasteiger partial charge in [-0.15, -0.1) is 0 Å². The number of benzene rings is 1. The van der Waals surface area contributed by atoms with Crippen LogP contribution in [-0.4, -0.2) is 4.98 Å². The fourth-order valence-electron chi connectivity index (χ4n) is 2.31. The Kier molecular flexibility index (Phi) is 2.07. The Morgan fingerprint density at radius 1 is 1.19 bits per heavy atom. The third kappa shape index (κ3) is 1.34. The van der Waals surface area contributed by atoms with Crippen molar-refractivity contribution in [2.75, 3.05) is 0 Å². The number of aromatic amines is 1. The average Bonchev–Trinajstić information content (AvgIpc) is 2.67. The molecule has 3 rings (SSSR count). The summed E-state index contributed by atoms with van der Waals surface area (Å²) in [6, 6.07) is 6.40. The standard InChI is InChI=1S/C14H14N2/c15-8-7-10-5-6-12-11-3-1-2-4-13(11)16-14(12)9-10/h3-9,16H,1-2,15H2/b8-7+. The number of nitrogens with one attached hydrogen (secondary N) is 1. The molecule has 2 nitrogen and oxygen atoms in total. The van der Waals surface area contributed by atoms with Crippen LogP contribution in [0.1, 0.15) is 18.4 Å². The van der Waals surface area contributed by atoms with Gasteiger partial charge in [-0.2, -0.15) is 0 Å². The first-order valence-corrected chi connectivity index (χ1v) is 5.59. The van der Waals surface area contributed by atoms with Gasteiger partial charge in [-0.1, -0.05) is 24.3 Å². The Morgan fingerprint density at radius 3 is 2.94 bits per heavy atom. The summed E-state index contributed by atoms with van der Waals surface area (Å²) in [4.78, 5) is 3.45. The Labute approximate surface area is 93.8 Å². The summed E-state index contributed by atoms with van der Waals surface area (Å²) < 4.78 is 0. The normalized spacial score (nSPS) is 14.8. The van der Waals surface area contributed by atoms with Crippen LogP contribution in [0.4, 0.5) is 0 Å². The molecule has 0 unspecified atom stereocenters. The maximum Gasteiger partial charge on any atom is 0.0470 e. The summed E-state index contributed by atoms with van der Waals surface area (Å²) in [6.45, 7) is 0. The molecule has 1 aromatic carbocycles. The lowest BCUT2D eigenvalue weighted by Gasteiger charge is -1.94. The second kappa shape index (κ2) is 3.56. The molecule has 2 heteroatoms. The summed E-state index contributed by atoms with van der Waals surface area (Å²) in [6.07, 6.45) is 10.3. The van der Waals surface area contributed by atoms with Crippen LogP contribution < -0.4 is 16.3 Å². The zero-order valence-electron chi connectivity index (χ0n) is 9.03. The monoisotopic (exact) mass is 210 g/mol. The molecule has 16 heavy (non-hydrogen) atoms. The molecule has 0 saturated heterocycles. The van der Waals surface area contributed by atoms with Gasteiger partial charge in [0.2, 0.25) is 0 Å². The number of aromatic nitrogens is 1. The van der Waals surface area contributed by atoms with Crippen LogP contribution >= 0.6 is 0 Å². The van der Waals surface area contributed by atoms with Gasteiger partial charge in [0.05, 0.1) is 0 Å². The highest BCUT2D eigenvalue weighted by molar-refractivity contribution is 5.83. The molecule has 1 heterocycles. The molecular formula is C14H14N2. The van der Waals surface area contributed by atoms with Gasteiger partial charge in [0.1, 0.15) is 0 Å². The highest BCUT2D eigenvalue weighted by Gasteiger charge is 2.02. The van der Waals surface area contributed by atoms with Crippen LogP contribution in [0.3, 0.4) is 0 Å². The molecule has 0 atom stereocenters. The Bertz CT molecular complexity index is 675. The van der Waals surface area contributed by atoms with Gasteiger partial charge >= 0.3 is 0 Å². The number of hydrogen-bond acceptors (Lipinski definition) is 1. The first kappa shape index (κ1) is 9.28. The second-order valence-electron chi connectivity index (χ2n) is 4.10. The van der Waals surface area contributed by atoms with Gasteiger partial charge in [0.15, 0.2) is 0 Å². The molecule has 0 bridgehead atoms. The fraction of sp³-hybridized carbons (Fsp3) is 0.143. The third-order valence-corrected chi connectivity index (χ3v) is 3.05. The van der Waals surface area contributed by atoms with E-state index in [0.717, 1.165) is 18.4 Å². The van der Waals surface area contributed by atoms with Crippen LogP contribution in [0.5, 0.6) is 0 Å². The predicted molar refractivity (Wildman–Crippen MR) is 68.9 cm³/mol. The van der Waals surface area contributed by atoms with Gasteiger partial charge in [-0.3, -0.25) is 0 Å². The number of rotatable bonds is 1. The Hall–Kier alpha value is -1.96. The largest absolute Gasteiger partial charge is 0.405 e. The van der Waals surface area contributed by atoms with Crippen LogP contribution in [0, 0.1) is 0 Å². The summed E-state index contributed by atoms with van der Waals surface area (Å²) >= 11 is 0. The lowest BCUT2D eigenvalue weighted by atomic mass is 10.1. The van der Waals surface area contributed by atoms with Crippen molar-refractivity contribution in [3.63, 3.8) is 0 Å². The topological polar surface area (TPSA) is 41.8 Å². The van der Waals surface area contributed by atoms with Crippen molar-refractivity contribution in [1.29, 1.82) is 0 Å². The second-order valence-corrected chi connectivity index (χ2v) is 4.10. The van der Waals surface area contributed by atoms with E-state index in [0.29, 0.717) is 0 Å². The smallest absolute Gasteiger partial charge is 0.0470 e. The number of nitrogens with two attached hydrogens (primary N) is 1. The SMILES string of the molecule is N/C=C/c1ccc2c3c([nH]c2c1)=CCCC=3. The van der Waals surface area contributed by atoms with Crippen LogP contribution in [0.25, 0.3) is 29.1 Å². The van der Waals surface area contributed by atoms with Crippen molar-refractivity contribution >= 4 is 29.1 Å². The molecule has 0 amide bonds. The van der Waals surface area contributed by atoms with Crippen molar-refractivity contribution in [2.45, 2.75) is 12.8 Å². The average molecular weight is 210 g/mol. The first-order chi connectivity index (χ1) is 7.88. The molecule has 80 valence electrons. The molecular weight excluding hydrogens is 196 g/mol. The number of fused-ring (bicyclic) bond motifs is 3. The number of hydrogen-bond donors (Lipinski definition) is 2. The minimum Gasteiger partial charge on any atom is -0.405 e. The van der Waals surface area contributed by atoms with Gasteiger partial charge in [-0.25, -0.2) is 0 Å². The van der Waals surface area contributed by atoms with Gasteiger partial charge in [0.25, 0.3) is 0 Å². The first-order valence-electron chi connectivity index (χ1n) is 5.59. The Balaban J connectivity index is 2.36. The molecule has 0 radical (unpaired) electrons. The lowest BCUT2D eigenvalue weighted by Crippen LogP contribution is -2.24. The fourth-order valence-corrected chi connectivity index (χ4v) is 2.31. The van der Waals surface area contributed by atoms with Crippen molar-refractivity contribution in [3.8, 4) is 0 Å². The zero-order valence-corrected chi connectivity index (χ0v) is 9.03. The van der Waals surface area contributed by atoms with Crippen LogP contribution in [0.2, 0.25) is 0 Å². The quantitative estimate of drug-likeness (QED) is 0.735. The van der Waals surface area contributed by atoms with E-state index >= 15 is 0 Å². The molecule has 1 aliphatic carbocycles. The van der Waals surface area contributed by atoms with Crippen LogP contribution in [0.15, 0.2) is 24.4 Å². The number of H-pyrrole nitrogens is 1. The van der Waals surface area contributed by atoms with Crippen molar-refractivity contribution in [3.05, 3.63) is 40.5 Å². The summed E-state index contributed by atoms with van der Waals surface area (Å²) in [5.41, 5.74) is 7.72. The van der Waals surface area contributed by atoms with E-state index in [1.807, 2.05) is 6.08 Å². The minimum absolute atomic E-state index is 1.13. The highest BCUT2D eigenvalue weighted by atomic mass is 14.7. The maximum absolute atomic E-state index is 5.40. The van der Waals surface area contributed by atoms with Crippen LogP contribution in [-0.2, 0) is 0 Å². The van der Waals surface area contributed by atoms with E-state index in [2.05, 4.69) is 35.3 Å². The van der Waals surface area contributed by atoms with E-state index in [9.17, 15) is 0 Å². The van der Waals surface area contributed by atoms with Crippen molar-refractivity contribution < 1.29 is 0 Å². The van der Waals surface area contributed by atoms with Gasteiger partial charge in [0, 0.05) is 21.5 Å². The van der Waals surface area contributed by atoms with E-state index in [4.69, 9.17) is 5.73 Å². The van der Waals surface area contributed by atoms with E-state index < -0.39 is 0 Å². The van der Waals surface area contributed by atoms with Crippen molar-refractivity contribution in [1.82, 2.24) is 4.98 Å². The van der Waals surface area contributed by atoms with E-state index in [1.54, 1.807) is 6.20 Å². The lowest BCUT2D eigenvalue weighted by molar-refractivity contribution is 1.11. The molecule has 2 aromatic rings. The molecule has 0 spiro atoms. The van der Waals surface area contributed by atoms with E-state index in [1.165, 1.54) is 21.5 Å². The van der Waals surface area contributed by atoms with Gasteiger partial charge < -0.3 is 10.7 Å². The highest BCUT2D eigenvalue weighted by Crippen LogP contribution is 2.11. The molecule has 0 saturated carbocycles. The molecule has 1 aliphatic rings. The Morgan fingerprint density at radius 2 is 2.06 bits per heavy atom. The summed E-state index contributed by atoms with van der Waals surface area (Å²) in [5.74, 6) is 0. The maximum atomic E-state index is 5.40. The predicted octanol–water partition coefficient (Wildman–Crippen LogP) is 1.45. The molecule has 1 aromatic heterocycles. The summed E-state index contributed by atoms with van der Waals surface area (Å²) in [5, 5.41) is 3.92. The molecule has 0 fully saturated rings. The van der Waals surface area contributed by atoms with Gasteiger partial charge in [-0.05, 0) is 36.7 Å². The zero-order chi connectivity index (χ0) is 11.0.